The maximum absolute atomic E-state index is 13.5. The maximum atomic E-state index is 13.5. The summed E-state index contributed by atoms with van der Waals surface area (Å²) in [5, 5.41) is 11.6. The molecule has 3 rings (SSSR count). The van der Waals surface area contributed by atoms with Gasteiger partial charge in [-0.05, 0) is 81.7 Å². The summed E-state index contributed by atoms with van der Waals surface area (Å²) in [4.78, 5) is 30.7. The van der Waals surface area contributed by atoms with Gasteiger partial charge in [-0.15, -0.1) is 0 Å². The Morgan fingerprint density at radius 3 is 2.38 bits per heavy atom. The van der Waals surface area contributed by atoms with Crippen LogP contribution in [0.2, 0.25) is 0 Å². The zero-order chi connectivity index (χ0) is 29.4. The summed E-state index contributed by atoms with van der Waals surface area (Å²) in [7, 11) is 1.56. The van der Waals surface area contributed by atoms with Crippen molar-refractivity contribution in [3.8, 4) is 17.2 Å². The summed E-state index contributed by atoms with van der Waals surface area (Å²) in [5.74, 6) is 0.239. The van der Waals surface area contributed by atoms with E-state index in [1.165, 1.54) is 0 Å². The van der Waals surface area contributed by atoms with E-state index < -0.39 is 17.7 Å². The Morgan fingerprint density at radius 2 is 1.77 bits per heavy atom. The van der Waals surface area contributed by atoms with Gasteiger partial charge in [0, 0.05) is 18.7 Å². The molecule has 0 bridgehead atoms. The van der Waals surface area contributed by atoms with Crippen molar-refractivity contribution in [2.24, 2.45) is 0 Å². The molecule has 1 heterocycles. The average molecular weight is 553 g/mol. The van der Waals surface area contributed by atoms with Crippen LogP contribution in [-0.4, -0.2) is 72.6 Å². The predicted molar refractivity (Wildman–Crippen MR) is 157 cm³/mol. The number of rotatable bonds is 14. The Labute approximate surface area is 238 Å². The Balaban J connectivity index is 2.12. The number of aliphatic hydroxyl groups excluding tert-OH is 1. The molecule has 40 heavy (non-hydrogen) atoms. The van der Waals surface area contributed by atoms with Crippen molar-refractivity contribution < 1.29 is 28.9 Å². The summed E-state index contributed by atoms with van der Waals surface area (Å²) in [6.07, 6.45) is 1.92. The van der Waals surface area contributed by atoms with E-state index in [1.807, 2.05) is 32.9 Å². The van der Waals surface area contributed by atoms with Crippen molar-refractivity contribution in [3.63, 3.8) is 0 Å². The molecule has 1 unspecified atom stereocenters. The third-order valence-electron chi connectivity index (χ3n) is 7.18. The fourth-order valence-corrected chi connectivity index (χ4v) is 4.94. The van der Waals surface area contributed by atoms with Gasteiger partial charge < -0.3 is 29.1 Å². The standard InChI is InChI=1S/C32H44N2O6/c1-8-11-18-39-26-15-12-23(20-27(26)38-7)29-28(31(36)32(37)34(29)17-16-33(9-2)10-3)30(35)25-14-13-24(19-22(25)6)40-21(4)5/h12-15,19-21,29,35H,8-11,16-18H2,1-7H3/b30-28+. The molecule has 0 spiro atoms. The first-order valence-electron chi connectivity index (χ1n) is 14.3. The van der Waals surface area contributed by atoms with Crippen LogP contribution in [0.3, 0.4) is 0 Å². The lowest BCUT2D eigenvalue weighted by Gasteiger charge is -2.28. The van der Waals surface area contributed by atoms with Crippen molar-refractivity contribution in [2.45, 2.75) is 66.5 Å². The molecule has 1 N–H and O–H groups in total. The third-order valence-corrected chi connectivity index (χ3v) is 7.18. The van der Waals surface area contributed by atoms with E-state index in [9.17, 15) is 14.7 Å². The number of aryl methyl sites for hydroxylation is 1. The molecule has 1 amide bonds. The zero-order valence-corrected chi connectivity index (χ0v) is 25.0. The van der Waals surface area contributed by atoms with Crippen molar-refractivity contribution in [2.75, 3.05) is 39.9 Å². The predicted octanol–water partition coefficient (Wildman–Crippen LogP) is 5.73. The number of unbranched alkanes of at least 4 members (excludes halogenated alkanes) is 1. The molecule has 0 aliphatic carbocycles. The molecule has 218 valence electrons. The lowest BCUT2D eigenvalue weighted by atomic mass is 9.93. The Hall–Kier alpha value is -3.52. The molecule has 0 saturated carbocycles. The van der Waals surface area contributed by atoms with E-state index in [-0.39, 0.29) is 17.4 Å². The molecule has 1 fully saturated rings. The first-order chi connectivity index (χ1) is 19.2. The topological polar surface area (TPSA) is 88.5 Å². The van der Waals surface area contributed by atoms with Gasteiger partial charge in [0.1, 0.15) is 11.5 Å². The van der Waals surface area contributed by atoms with Crippen LogP contribution < -0.4 is 14.2 Å². The monoisotopic (exact) mass is 552 g/mol. The molecule has 1 aliphatic rings. The van der Waals surface area contributed by atoms with Crippen LogP contribution in [0.15, 0.2) is 42.0 Å². The summed E-state index contributed by atoms with van der Waals surface area (Å²) < 4.78 is 17.3. The highest BCUT2D eigenvalue weighted by Crippen LogP contribution is 2.42. The van der Waals surface area contributed by atoms with Crippen LogP contribution in [0.25, 0.3) is 5.76 Å². The number of carbonyl (C=O) groups excluding carboxylic acids is 2. The largest absolute Gasteiger partial charge is 0.507 e. The number of likely N-dealkylation sites (N-methyl/N-ethyl adjacent to an activating group) is 1. The third kappa shape index (κ3) is 6.97. The van der Waals surface area contributed by atoms with E-state index in [4.69, 9.17) is 14.2 Å². The van der Waals surface area contributed by atoms with E-state index in [0.717, 1.165) is 31.5 Å². The number of aliphatic hydroxyl groups is 1. The number of likely N-dealkylation sites (tertiary alicyclic amines) is 1. The minimum Gasteiger partial charge on any atom is -0.507 e. The van der Waals surface area contributed by atoms with Gasteiger partial charge in [0.15, 0.2) is 11.5 Å². The summed E-state index contributed by atoms with van der Waals surface area (Å²) >= 11 is 0. The van der Waals surface area contributed by atoms with E-state index >= 15 is 0 Å². The molecule has 1 atom stereocenters. The minimum atomic E-state index is -0.778. The van der Waals surface area contributed by atoms with E-state index in [1.54, 1.807) is 36.3 Å². The molecule has 1 saturated heterocycles. The highest BCUT2D eigenvalue weighted by molar-refractivity contribution is 6.46. The average Bonchev–Trinajstić information content (AvgIpc) is 3.18. The van der Waals surface area contributed by atoms with Crippen molar-refractivity contribution in [3.05, 3.63) is 58.7 Å². The fourth-order valence-electron chi connectivity index (χ4n) is 4.94. The molecule has 0 aromatic heterocycles. The van der Waals surface area contributed by atoms with Gasteiger partial charge in [-0.25, -0.2) is 0 Å². The quantitative estimate of drug-likeness (QED) is 0.139. The Bertz CT molecular complexity index is 1220. The SMILES string of the molecule is CCCCOc1ccc(C2/C(=C(\O)c3ccc(OC(C)C)cc3C)C(=O)C(=O)N2CCN(CC)CC)cc1OC. The van der Waals surface area contributed by atoms with Crippen LogP contribution in [0.4, 0.5) is 0 Å². The summed E-state index contributed by atoms with van der Waals surface area (Å²) in [5.41, 5.74) is 1.94. The van der Waals surface area contributed by atoms with Gasteiger partial charge >= 0.3 is 0 Å². The second-order valence-corrected chi connectivity index (χ2v) is 10.3. The number of benzene rings is 2. The lowest BCUT2D eigenvalue weighted by molar-refractivity contribution is -0.140. The Kier molecular flexibility index (Phi) is 11.0. The van der Waals surface area contributed by atoms with Gasteiger partial charge in [-0.1, -0.05) is 33.3 Å². The minimum absolute atomic E-state index is 0.00103. The van der Waals surface area contributed by atoms with Crippen molar-refractivity contribution in [1.82, 2.24) is 9.80 Å². The van der Waals surface area contributed by atoms with Gasteiger partial charge in [-0.2, -0.15) is 0 Å². The highest BCUT2D eigenvalue weighted by atomic mass is 16.5. The number of methoxy groups -OCH3 is 1. The van der Waals surface area contributed by atoms with Crippen LogP contribution in [0, 0.1) is 6.92 Å². The normalized spacial score (nSPS) is 16.7. The molecule has 2 aromatic carbocycles. The number of nitrogens with zero attached hydrogens (tertiary/aromatic N) is 2. The van der Waals surface area contributed by atoms with Crippen LogP contribution in [0.1, 0.15) is 70.2 Å². The smallest absolute Gasteiger partial charge is 0.295 e. The van der Waals surface area contributed by atoms with Crippen LogP contribution in [0.5, 0.6) is 17.2 Å². The molecular formula is C32H44N2O6. The first-order valence-corrected chi connectivity index (χ1v) is 14.3. The second kappa shape index (κ2) is 14.2. The molecule has 2 aromatic rings. The summed E-state index contributed by atoms with van der Waals surface area (Å²) in [6, 6.07) is 9.98. The number of ether oxygens (including phenoxy) is 3. The van der Waals surface area contributed by atoms with Gasteiger partial charge in [0.25, 0.3) is 11.7 Å². The zero-order valence-electron chi connectivity index (χ0n) is 25.0. The van der Waals surface area contributed by atoms with E-state index in [0.29, 0.717) is 48.1 Å². The van der Waals surface area contributed by atoms with Gasteiger partial charge in [0.05, 0.1) is 31.4 Å². The molecule has 0 radical (unpaired) electrons. The number of hydrogen-bond acceptors (Lipinski definition) is 7. The Morgan fingerprint density at radius 1 is 1.05 bits per heavy atom. The van der Waals surface area contributed by atoms with Crippen molar-refractivity contribution in [1.29, 1.82) is 0 Å². The fraction of sp³-hybridized carbons (Fsp3) is 0.500. The van der Waals surface area contributed by atoms with Gasteiger partial charge in [-0.3, -0.25) is 9.59 Å². The number of Topliss-reactive ketones (excluding diaryl/α,β-unsaturated/α-hetero) is 1. The molecule has 1 aliphatic heterocycles. The van der Waals surface area contributed by atoms with Gasteiger partial charge in [0.2, 0.25) is 0 Å². The highest BCUT2D eigenvalue weighted by Gasteiger charge is 2.46. The number of hydrogen-bond donors (Lipinski definition) is 1. The summed E-state index contributed by atoms with van der Waals surface area (Å²) in [6.45, 7) is 15.1. The molecule has 8 nitrogen and oxygen atoms in total. The number of ketones is 1. The second-order valence-electron chi connectivity index (χ2n) is 10.3. The molecule has 8 heteroatoms. The number of carbonyl (C=O) groups is 2. The van der Waals surface area contributed by atoms with Crippen LogP contribution in [-0.2, 0) is 9.59 Å². The lowest BCUT2D eigenvalue weighted by Crippen LogP contribution is -2.38. The van der Waals surface area contributed by atoms with Crippen LogP contribution >= 0.6 is 0 Å². The first kappa shape index (κ1) is 31.0. The number of amides is 1. The van der Waals surface area contributed by atoms with E-state index in [2.05, 4.69) is 25.7 Å². The van der Waals surface area contributed by atoms with Crippen molar-refractivity contribution >= 4 is 17.4 Å². The molecular weight excluding hydrogens is 508 g/mol. The maximum Gasteiger partial charge on any atom is 0.295 e.